The van der Waals surface area contributed by atoms with Crippen LogP contribution in [0.4, 0.5) is 0 Å². The van der Waals surface area contributed by atoms with Crippen molar-refractivity contribution in [1.29, 1.82) is 0 Å². The zero-order chi connectivity index (χ0) is 29.0. The van der Waals surface area contributed by atoms with Crippen molar-refractivity contribution in [2.24, 2.45) is 0 Å². The number of rotatable bonds is 12. The summed E-state index contributed by atoms with van der Waals surface area (Å²) in [5, 5.41) is 31.5. The largest absolute Gasteiger partial charge is 3.00 e. The van der Waals surface area contributed by atoms with Gasteiger partial charge in [0.2, 0.25) is 0 Å². The number of carbonyl (C=O) groups is 3. The van der Waals surface area contributed by atoms with Crippen LogP contribution in [0.1, 0.15) is 107 Å². The van der Waals surface area contributed by atoms with Gasteiger partial charge in [0.05, 0.1) is 17.9 Å². The van der Waals surface area contributed by atoms with Gasteiger partial charge in [0, 0.05) is 0 Å². The number of aromatic carboxylic acids is 3. The Morgan fingerprint density at radius 1 is 0.500 bits per heavy atom. The second kappa shape index (κ2) is 21.4. The zero-order valence-corrected chi connectivity index (χ0v) is 25.0. The summed E-state index contributed by atoms with van der Waals surface area (Å²) in [6.07, 6.45) is 9.47. The smallest absolute Gasteiger partial charge is 0.545 e. The fourth-order valence-corrected chi connectivity index (χ4v) is 3.70. The molecule has 0 aromatic heterocycles. The molecule has 0 unspecified atom stereocenters. The molecule has 0 saturated carbocycles. The van der Waals surface area contributed by atoms with E-state index in [1.165, 1.54) is 0 Å². The molecule has 7 heteroatoms. The average Bonchev–Trinajstić information content (AvgIpc) is 2.95. The molecule has 0 fully saturated rings. The SMILES string of the molecule is CCCCc1cccc(C(=O)[O-])c1.CCCCc1cccc(C(=O)[O-])c1.CCCCc1cccc(C(=O)[O-])c1.[Al+3]. The van der Waals surface area contributed by atoms with Crippen molar-refractivity contribution in [1.82, 2.24) is 0 Å². The number of hydrogen-bond acceptors (Lipinski definition) is 6. The zero-order valence-electron chi connectivity index (χ0n) is 23.8. The van der Waals surface area contributed by atoms with Crippen LogP contribution in [-0.4, -0.2) is 35.3 Å². The molecule has 0 amide bonds. The summed E-state index contributed by atoms with van der Waals surface area (Å²) in [5.41, 5.74) is 4.03. The molecular weight excluding hydrogens is 519 g/mol. The molecule has 0 aliphatic heterocycles. The van der Waals surface area contributed by atoms with E-state index in [9.17, 15) is 29.7 Å². The van der Waals surface area contributed by atoms with E-state index in [1.807, 2.05) is 18.2 Å². The minimum Gasteiger partial charge on any atom is -0.545 e. The minimum atomic E-state index is -1.10. The van der Waals surface area contributed by atoms with Gasteiger partial charge in [-0.05, 0) is 90.1 Å². The van der Waals surface area contributed by atoms with Gasteiger partial charge in [-0.3, -0.25) is 0 Å². The number of benzene rings is 3. The summed E-state index contributed by atoms with van der Waals surface area (Å²) in [6, 6.07) is 20.9. The number of hydrogen-bond donors (Lipinski definition) is 0. The third-order valence-electron chi connectivity index (χ3n) is 5.95. The van der Waals surface area contributed by atoms with Crippen LogP contribution in [0.25, 0.3) is 0 Å². The molecule has 6 nitrogen and oxygen atoms in total. The first-order valence-corrected chi connectivity index (χ1v) is 13.6. The Labute approximate surface area is 249 Å². The Hall–Kier alpha value is -3.40. The number of aryl methyl sites for hydroxylation is 3. The van der Waals surface area contributed by atoms with Crippen LogP contribution in [0.2, 0.25) is 0 Å². The predicted octanol–water partition coefficient (Wildman–Crippen LogP) is 3.80. The summed E-state index contributed by atoms with van der Waals surface area (Å²) in [7, 11) is 0. The topological polar surface area (TPSA) is 120 Å². The van der Waals surface area contributed by atoms with Gasteiger partial charge in [-0.1, -0.05) is 94.6 Å². The molecule has 3 aromatic carbocycles. The fourth-order valence-electron chi connectivity index (χ4n) is 3.70. The van der Waals surface area contributed by atoms with Crippen LogP contribution in [0.15, 0.2) is 72.8 Å². The molecule has 0 aliphatic carbocycles. The molecule has 40 heavy (non-hydrogen) atoms. The van der Waals surface area contributed by atoms with Gasteiger partial charge in [0.15, 0.2) is 0 Å². The van der Waals surface area contributed by atoms with Gasteiger partial charge in [-0.2, -0.15) is 0 Å². The molecule has 0 atom stereocenters. The number of carboxylic acids is 3. The summed E-state index contributed by atoms with van der Waals surface area (Å²) >= 11 is 0. The summed E-state index contributed by atoms with van der Waals surface area (Å²) in [4.78, 5) is 31.5. The van der Waals surface area contributed by atoms with E-state index in [-0.39, 0.29) is 34.1 Å². The van der Waals surface area contributed by atoms with E-state index in [0.29, 0.717) is 0 Å². The fraction of sp³-hybridized carbons (Fsp3) is 0.364. The van der Waals surface area contributed by atoms with Crippen molar-refractivity contribution >= 4 is 35.3 Å². The second-order valence-corrected chi connectivity index (χ2v) is 9.27. The van der Waals surface area contributed by atoms with E-state index in [4.69, 9.17) is 0 Å². The molecule has 0 radical (unpaired) electrons. The maximum Gasteiger partial charge on any atom is 3.00 e. The van der Waals surface area contributed by atoms with Gasteiger partial charge in [-0.15, -0.1) is 0 Å². The molecule has 0 spiro atoms. The van der Waals surface area contributed by atoms with Gasteiger partial charge in [0.25, 0.3) is 0 Å². The molecular formula is C33H39AlO6. The third kappa shape index (κ3) is 15.3. The van der Waals surface area contributed by atoms with Crippen molar-refractivity contribution in [2.45, 2.75) is 78.6 Å². The van der Waals surface area contributed by atoms with E-state index in [2.05, 4.69) is 20.8 Å². The minimum absolute atomic E-state index is 0. The molecule has 0 saturated heterocycles. The maximum atomic E-state index is 10.5. The van der Waals surface area contributed by atoms with Crippen molar-refractivity contribution < 1.29 is 29.7 Å². The van der Waals surface area contributed by atoms with Crippen molar-refractivity contribution in [3.63, 3.8) is 0 Å². The van der Waals surface area contributed by atoms with Crippen molar-refractivity contribution in [3.8, 4) is 0 Å². The first kappa shape index (κ1) is 36.6. The van der Waals surface area contributed by atoms with Gasteiger partial charge < -0.3 is 29.7 Å². The second-order valence-electron chi connectivity index (χ2n) is 9.27. The number of carbonyl (C=O) groups excluding carboxylic acids is 3. The van der Waals surface area contributed by atoms with E-state index in [1.54, 1.807) is 54.6 Å². The van der Waals surface area contributed by atoms with Crippen LogP contribution in [0, 0.1) is 0 Å². The van der Waals surface area contributed by atoms with E-state index < -0.39 is 17.9 Å². The Kier molecular flexibility index (Phi) is 19.6. The number of unbranched alkanes of at least 4 members (excludes halogenated alkanes) is 3. The van der Waals surface area contributed by atoms with Crippen LogP contribution in [-0.2, 0) is 19.3 Å². The molecule has 3 rings (SSSR count). The third-order valence-corrected chi connectivity index (χ3v) is 5.95. The predicted molar refractivity (Wildman–Crippen MR) is 154 cm³/mol. The maximum absolute atomic E-state index is 10.5. The molecule has 3 aromatic rings. The monoisotopic (exact) mass is 558 g/mol. The number of carboxylic acid groups (broad SMARTS) is 3. The molecule has 0 heterocycles. The van der Waals surface area contributed by atoms with Crippen LogP contribution >= 0.6 is 0 Å². The molecule has 0 bridgehead atoms. The van der Waals surface area contributed by atoms with E-state index in [0.717, 1.165) is 74.5 Å². The Morgan fingerprint density at radius 3 is 0.950 bits per heavy atom. The quantitative estimate of drug-likeness (QED) is 0.312. The Morgan fingerprint density at radius 2 is 0.750 bits per heavy atom. The first-order chi connectivity index (χ1) is 18.7. The van der Waals surface area contributed by atoms with E-state index >= 15 is 0 Å². The van der Waals surface area contributed by atoms with Crippen LogP contribution in [0.3, 0.4) is 0 Å². The van der Waals surface area contributed by atoms with Crippen LogP contribution in [0.5, 0.6) is 0 Å². The standard InChI is InChI=1S/3C11H14O2.Al/c3*1-2-3-5-9-6-4-7-10(8-9)11(12)13;/h3*4,6-8H,2-3,5H2,1H3,(H,12,13);/q;;;+3/p-3. The summed E-state index contributed by atoms with van der Waals surface area (Å²) < 4.78 is 0. The average molecular weight is 559 g/mol. The van der Waals surface area contributed by atoms with Gasteiger partial charge in [0.1, 0.15) is 0 Å². The Bertz CT molecular complexity index is 1030. The van der Waals surface area contributed by atoms with Crippen molar-refractivity contribution in [2.75, 3.05) is 0 Å². The molecule has 0 N–H and O–H groups in total. The molecule has 0 aliphatic rings. The Balaban J connectivity index is 0.000000563. The normalized spacial score (nSPS) is 9.68. The van der Waals surface area contributed by atoms with Crippen LogP contribution < -0.4 is 15.3 Å². The summed E-state index contributed by atoms with van der Waals surface area (Å²) in [6.45, 7) is 6.34. The van der Waals surface area contributed by atoms with Gasteiger partial charge in [-0.25, -0.2) is 0 Å². The summed E-state index contributed by atoms with van der Waals surface area (Å²) in [5.74, 6) is -3.30. The van der Waals surface area contributed by atoms with Crippen molar-refractivity contribution in [3.05, 3.63) is 106 Å². The van der Waals surface area contributed by atoms with Gasteiger partial charge >= 0.3 is 17.4 Å². The molecule has 210 valence electrons. The first-order valence-electron chi connectivity index (χ1n) is 13.6.